The lowest BCUT2D eigenvalue weighted by Gasteiger charge is -2.22. The fourth-order valence-electron chi connectivity index (χ4n) is 2.51. The summed E-state index contributed by atoms with van der Waals surface area (Å²) >= 11 is 0. The van der Waals surface area contributed by atoms with Crippen LogP contribution >= 0.6 is 0 Å². The quantitative estimate of drug-likeness (QED) is 0.834. The second-order valence-corrected chi connectivity index (χ2v) is 5.22. The molecule has 2 aromatic rings. The molecule has 0 aliphatic rings. The van der Waals surface area contributed by atoms with E-state index in [1.165, 1.54) is 5.56 Å². The summed E-state index contributed by atoms with van der Waals surface area (Å²) in [5.41, 5.74) is 3.26. The van der Waals surface area contributed by atoms with Crippen LogP contribution in [0.5, 0.6) is 0 Å². The van der Waals surface area contributed by atoms with Crippen LogP contribution in [0.1, 0.15) is 25.8 Å². The molecule has 0 saturated heterocycles. The number of hydrogen-bond donors (Lipinski definition) is 1. The maximum atomic E-state index is 12.2. The monoisotopic (exact) mass is 296 g/mol. The average molecular weight is 296 g/mol. The van der Waals surface area contributed by atoms with E-state index >= 15 is 0 Å². The van der Waals surface area contributed by atoms with Gasteiger partial charge >= 0.3 is 0 Å². The molecule has 2 aromatic carbocycles. The third kappa shape index (κ3) is 4.35. The van der Waals surface area contributed by atoms with Crippen LogP contribution in [0.2, 0.25) is 0 Å². The van der Waals surface area contributed by atoms with Gasteiger partial charge in [0.15, 0.2) is 0 Å². The highest BCUT2D eigenvalue weighted by molar-refractivity contribution is 5.91. The lowest BCUT2D eigenvalue weighted by Crippen LogP contribution is -2.27. The fraction of sp³-hybridized carbons (Fsp3) is 0.316. The minimum Gasteiger partial charge on any atom is -0.371 e. The number of benzene rings is 2. The van der Waals surface area contributed by atoms with Gasteiger partial charge in [0.05, 0.1) is 0 Å². The van der Waals surface area contributed by atoms with Gasteiger partial charge in [0.2, 0.25) is 5.91 Å². The summed E-state index contributed by atoms with van der Waals surface area (Å²) in [6, 6.07) is 18.2. The van der Waals surface area contributed by atoms with Crippen LogP contribution in [-0.4, -0.2) is 19.0 Å². The van der Waals surface area contributed by atoms with E-state index in [4.69, 9.17) is 0 Å². The van der Waals surface area contributed by atoms with Crippen molar-refractivity contribution in [3.05, 3.63) is 60.2 Å². The zero-order chi connectivity index (χ0) is 15.8. The van der Waals surface area contributed by atoms with E-state index in [1.54, 1.807) is 0 Å². The number of anilines is 2. The molecule has 3 nitrogen and oxygen atoms in total. The second-order valence-electron chi connectivity index (χ2n) is 5.22. The first kappa shape index (κ1) is 16.1. The molecule has 1 amide bonds. The molecule has 0 spiro atoms. The van der Waals surface area contributed by atoms with Crippen molar-refractivity contribution in [3.8, 4) is 0 Å². The largest absolute Gasteiger partial charge is 0.371 e. The van der Waals surface area contributed by atoms with Crippen molar-refractivity contribution in [3.63, 3.8) is 0 Å². The van der Waals surface area contributed by atoms with Crippen molar-refractivity contribution >= 4 is 17.3 Å². The number of amides is 1. The molecule has 116 valence electrons. The molecule has 0 heterocycles. The van der Waals surface area contributed by atoms with Gasteiger partial charge in [0.1, 0.15) is 0 Å². The summed E-state index contributed by atoms with van der Waals surface area (Å²) in [6.07, 6.45) is 1.41. The molecule has 3 heteroatoms. The van der Waals surface area contributed by atoms with Crippen molar-refractivity contribution in [1.29, 1.82) is 0 Å². The van der Waals surface area contributed by atoms with Crippen LogP contribution in [0.25, 0.3) is 0 Å². The minimum absolute atomic E-state index is 0.0651. The highest BCUT2D eigenvalue weighted by atomic mass is 16.1. The van der Waals surface area contributed by atoms with Gasteiger partial charge in [0, 0.05) is 30.9 Å². The van der Waals surface area contributed by atoms with Crippen LogP contribution in [-0.2, 0) is 11.2 Å². The number of nitrogens with zero attached hydrogens (tertiary/aromatic N) is 1. The molecule has 2 rings (SSSR count). The molecule has 0 radical (unpaired) electrons. The highest BCUT2D eigenvalue weighted by Crippen LogP contribution is 2.16. The van der Waals surface area contributed by atoms with Gasteiger partial charge in [-0.3, -0.25) is 4.79 Å². The summed E-state index contributed by atoms with van der Waals surface area (Å²) < 4.78 is 0. The first-order chi connectivity index (χ1) is 10.7. The van der Waals surface area contributed by atoms with Gasteiger partial charge in [-0.1, -0.05) is 43.3 Å². The van der Waals surface area contributed by atoms with Crippen LogP contribution in [0, 0.1) is 0 Å². The maximum absolute atomic E-state index is 12.2. The molecule has 0 fully saturated rings. The number of aryl methyl sites for hydroxylation is 1. The summed E-state index contributed by atoms with van der Waals surface area (Å²) in [7, 11) is 0. The Bertz CT molecular complexity index is 595. The molecule has 0 aliphatic heterocycles. The second kappa shape index (κ2) is 8.23. The predicted octanol–water partition coefficient (Wildman–Crippen LogP) is 4.10. The number of para-hydroxylation sites is 2. The molecular formula is C19H24N2O. The number of rotatable bonds is 7. The SMILES string of the molecule is CCc1ccccc1NC(=O)CCN(CC)c1ccccc1. The van der Waals surface area contributed by atoms with E-state index < -0.39 is 0 Å². The number of carbonyl (C=O) groups excluding carboxylic acids is 1. The lowest BCUT2D eigenvalue weighted by molar-refractivity contribution is -0.116. The Hall–Kier alpha value is -2.29. The Labute approximate surface area is 133 Å². The molecule has 0 bridgehead atoms. The van der Waals surface area contributed by atoms with Crippen molar-refractivity contribution in [2.75, 3.05) is 23.3 Å². The molecule has 22 heavy (non-hydrogen) atoms. The Kier molecular flexibility index (Phi) is 6.01. The van der Waals surface area contributed by atoms with Crippen LogP contribution in [0.4, 0.5) is 11.4 Å². The zero-order valence-electron chi connectivity index (χ0n) is 13.4. The average Bonchev–Trinajstić information content (AvgIpc) is 2.57. The fourth-order valence-corrected chi connectivity index (χ4v) is 2.51. The summed E-state index contributed by atoms with van der Waals surface area (Å²) in [6.45, 7) is 5.82. The first-order valence-corrected chi connectivity index (χ1v) is 7.92. The molecular weight excluding hydrogens is 272 g/mol. The summed E-state index contributed by atoms with van der Waals surface area (Å²) in [5.74, 6) is 0.0651. The van der Waals surface area contributed by atoms with Gasteiger partial charge in [-0.25, -0.2) is 0 Å². The Morgan fingerprint density at radius 3 is 2.36 bits per heavy atom. The predicted molar refractivity (Wildman–Crippen MR) is 93.4 cm³/mol. The third-order valence-electron chi connectivity index (χ3n) is 3.78. The maximum Gasteiger partial charge on any atom is 0.226 e. The molecule has 1 N–H and O–H groups in total. The molecule has 0 atom stereocenters. The number of hydrogen-bond acceptors (Lipinski definition) is 2. The normalized spacial score (nSPS) is 10.3. The van der Waals surface area contributed by atoms with Crippen LogP contribution in [0.15, 0.2) is 54.6 Å². The highest BCUT2D eigenvalue weighted by Gasteiger charge is 2.09. The minimum atomic E-state index is 0.0651. The van der Waals surface area contributed by atoms with Gasteiger partial charge in [0.25, 0.3) is 0 Å². The summed E-state index contributed by atoms with van der Waals surface area (Å²) in [5, 5.41) is 3.03. The van der Waals surface area contributed by atoms with Crippen molar-refractivity contribution in [2.24, 2.45) is 0 Å². The smallest absolute Gasteiger partial charge is 0.226 e. The number of nitrogens with one attached hydrogen (secondary N) is 1. The van der Waals surface area contributed by atoms with Crippen molar-refractivity contribution in [2.45, 2.75) is 26.7 Å². The van der Waals surface area contributed by atoms with Gasteiger partial charge in [-0.2, -0.15) is 0 Å². The van der Waals surface area contributed by atoms with E-state index in [9.17, 15) is 4.79 Å². The molecule has 0 aliphatic carbocycles. The van der Waals surface area contributed by atoms with E-state index in [1.807, 2.05) is 36.4 Å². The van der Waals surface area contributed by atoms with Gasteiger partial charge < -0.3 is 10.2 Å². The standard InChI is InChI=1S/C19H24N2O/c1-3-16-10-8-9-13-18(16)20-19(22)14-15-21(4-2)17-11-6-5-7-12-17/h5-13H,3-4,14-15H2,1-2H3,(H,20,22). The lowest BCUT2D eigenvalue weighted by atomic mass is 10.1. The summed E-state index contributed by atoms with van der Waals surface area (Å²) in [4.78, 5) is 14.4. The first-order valence-electron chi connectivity index (χ1n) is 7.92. The van der Waals surface area contributed by atoms with Crippen LogP contribution < -0.4 is 10.2 Å². The zero-order valence-corrected chi connectivity index (χ0v) is 13.4. The molecule has 0 unspecified atom stereocenters. The van der Waals surface area contributed by atoms with Crippen LogP contribution in [0.3, 0.4) is 0 Å². The van der Waals surface area contributed by atoms with E-state index in [2.05, 4.69) is 42.3 Å². The van der Waals surface area contributed by atoms with E-state index in [0.29, 0.717) is 6.42 Å². The Morgan fingerprint density at radius 1 is 1.00 bits per heavy atom. The Balaban J connectivity index is 1.92. The van der Waals surface area contributed by atoms with E-state index in [-0.39, 0.29) is 5.91 Å². The Morgan fingerprint density at radius 2 is 1.68 bits per heavy atom. The molecule has 0 aromatic heterocycles. The van der Waals surface area contributed by atoms with Crippen molar-refractivity contribution in [1.82, 2.24) is 0 Å². The molecule has 0 saturated carbocycles. The van der Waals surface area contributed by atoms with Gasteiger partial charge in [-0.05, 0) is 37.1 Å². The van der Waals surface area contributed by atoms with Gasteiger partial charge in [-0.15, -0.1) is 0 Å². The van der Waals surface area contributed by atoms with E-state index in [0.717, 1.165) is 30.9 Å². The third-order valence-corrected chi connectivity index (χ3v) is 3.78. The number of carbonyl (C=O) groups is 1. The van der Waals surface area contributed by atoms with Crippen molar-refractivity contribution < 1.29 is 4.79 Å². The topological polar surface area (TPSA) is 32.3 Å².